The van der Waals surface area contributed by atoms with Crippen LogP contribution < -0.4 is 16.4 Å². The van der Waals surface area contributed by atoms with Crippen molar-refractivity contribution in [2.45, 2.75) is 63.1 Å². The van der Waals surface area contributed by atoms with E-state index in [4.69, 9.17) is 27.6 Å². The summed E-state index contributed by atoms with van der Waals surface area (Å²) < 4.78 is 16.7. The number of aromatic nitrogens is 4. The van der Waals surface area contributed by atoms with Crippen LogP contribution in [0.1, 0.15) is 56.6 Å². The van der Waals surface area contributed by atoms with Crippen LogP contribution in [0, 0.1) is 23.1 Å². The smallest absolute Gasteiger partial charge is 0.224 e. The van der Waals surface area contributed by atoms with Gasteiger partial charge in [-0.25, -0.2) is 14.4 Å². The molecule has 3 aromatic rings. The van der Waals surface area contributed by atoms with Gasteiger partial charge in [0.2, 0.25) is 17.8 Å². The number of halogens is 2. The van der Waals surface area contributed by atoms with Crippen LogP contribution in [0.15, 0.2) is 18.3 Å². The summed E-state index contributed by atoms with van der Waals surface area (Å²) in [5.41, 5.74) is 6.70. The van der Waals surface area contributed by atoms with E-state index in [1.165, 1.54) is 6.07 Å². The van der Waals surface area contributed by atoms with Gasteiger partial charge in [-0.3, -0.25) is 9.36 Å². The number of nitrogens with two attached hydrogens (primary N) is 1. The third-order valence-corrected chi connectivity index (χ3v) is 7.34. The molecule has 36 heavy (non-hydrogen) atoms. The van der Waals surface area contributed by atoms with Crippen LogP contribution in [-0.2, 0) is 4.79 Å². The number of hydrogen-bond acceptors (Lipinski definition) is 8. The predicted octanol–water partition coefficient (Wildman–Crippen LogP) is 3.78. The number of nitriles is 1. The number of amides is 1. The Morgan fingerprint density at radius 3 is 2.64 bits per heavy atom. The molecule has 0 unspecified atom stereocenters. The second-order valence-electron chi connectivity index (χ2n) is 9.48. The van der Waals surface area contributed by atoms with Gasteiger partial charge in [-0.15, -0.1) is 0 Å². The van der Waals surface area contributed by atoms with Gasteiger partial charge in [0.15, 0.2) is 5.65 Å². The molecule has 0 aliphatic heterocycles. The van der Waals surface area contributed by atoms with Crippen molar-refractivity contribution < 1.29 is 14.3 Å². The summed E-state index contributed by atoms with van der Waals surface area (Å²) in [5.74, 6) is -0.411. The van der Waals surface area contributed by atoms with E-state index in [1.807, 2.05) is 10.6 Å². The number of benzene rings is 1. The molecule has 12 heteroatoms. The summed E-state index contributed by atoms with van der Waals surface area (Å²) in [6, 6.07) is 4.39. The lowest BCUT2D eigenvalue weighted by atomic mass is 9.85. The van der Waals surface area contributed by atoms with E-state index in [9.17, 15) is 14.3 Å². The maximum absolute atomic E-state index is 14.8. The number of aliphatic hydroxyl groups excluding tert-OH is 1. The Kier molecular flexibility index (Phi) is 6.64. The highest BCUT2D eigenvalue weighted by Crippen LogP contribution is 2.38. The molecule has 2 atom stereocenters. The van der Waals surface area contributed by atoms with Crippen LogP contribution in [0.4, 0.5) is 22.0 Å². The zero-order valence-electron chi connectivity index (χ0n) is 19.4. The highest BCUT2D eigenvalue weighted by atomic mass is 35.5. The first-order valence-electron chi connectivity index (χ1n) is 12.0. The molecular formula is C24H26ClFN8O2. The third kappa shape index (κ3) is 4.79. The van der Waals surface area contributed by atoms with Crippen LogP contribution in [0.2, 0.25) is 5.02 Å². The van der Waals surface area contributed by atoms with Gasteiger partial charge in [0.05, 0.1) is 34.6 Å². The lowest BCUT2D eigenvalue weighted by molar-refractivity contribution is -0.122. The Bertz CT molecular complexity index is 1320. The van der Waals surface area contributed by atoms with Crippen molar-refractivity contribution in [2.24, 2.45) is 11.7 Å². The minimum Gasteiger partial charge on any atom is -0.393 e. The number of hydrogen-bond donors (Lipinski definition) is 4. The normalized spacial score (nSPS) is 23.9. The van der Waals surface area contributed by atoms with Crippen molar-refractivity contribution in [3.8, 4) is 6.07 Å². The summed E-state index contributed by atoms with van der Waals surface area (Å²) >= 11 is 6.29. The predicted molar refractivity (Wildman–Crippen MR) is 132 cm³/mol. The van der Waals surface area contributed by atoms with E-state index in [0.29, 0.717) is 55.2 Å². The third-order valence-electron chi connectivity index (χ3n) is 7.04. The average molecular weight is 513 g/mol. The molecule has 2 aliphatic rings. The summed E-state index contributed by atoms with van der Waals surface area (Å²) in [5, 5.41) is 25.3. The van der Waals surface area contributed by atoms with Gasteiger partial charge in [0.1, 0.15) is 11.3 Å². The fourth-order valence-corrected chi connectivity index (χ4v) is 5.41. The molecule has 2 fully saturated rings. The quantitative estimate of drug-likeness (QED) is 0.389. The Labute approximate surface area is 211 Å². The molecule has 5 rings (SSSR count). The van der Waals surface area contributed by atoms with E-state index in [2.05, 4.69) is 20.6 Å². The molecule has 5 N–H and O–H groups in total. The fraction of sp³-hybridized carbons (Fsp3) is 0.458. The Morgan fingerprint density at radius 1 is 1.22 bits per heavy atom. The van der Waals surface area contributed by atoms with Crippen LogP contribution in [-0.4, -0.2) is 42.7 Å². The number of rotatable bonds is 6. The second kappa shape index (κ2) is 9.87. The number of nitrogens with one attached hydrogen (secondary N) is 2. The van der Waals surface area contributed by atoms with Gasteiger partial charge in [-0.1, -0.05) is 11.6 Å². The van der Waals surface area contributed by atoms with Gasteiger partial charge >= 0.3 is 0 Å². The number of anilines is 3. The van der Waals surface area contributed by atoms with Crippen molar-refractivity contribution in [2.75, 3.05) is 10.6 Å². The number of nitrogens with zero attached hydrogens (tertiary/aromatic N) is 5. The molecule has 2 heterocycles. The first kappa shape index (κ1) is 24.2. The highest BCUT2D eigenvalue weighted by Gasteiger charge is 2.30. The lowest BCUT2D eigenvalue weighted by Gasteiger charge is -2.29. The average Bonchev–Trinajstić information content (AvgIpc) is 3.43. The van der Waals surface area contributed by atoms with E-state index >= 15 is 0 Å². The minimum atomic E-state index is -0.677. The fourth-order valence-electron chi connectivity index (χ4n) is 5.15. The number of carbonyl (C=O) groups is 1. The highest BCUT2D eigenvalue weighted by molar-refractivity contribution is 6.33. The van der Waals surface area contributed by atoms with Crippen molar-refractivity contribution in [1.82, 2.24) is 19.5 Å². The molecule has 10 nitrogen and oxygen atoms in total. The maximum atomic E-state index is 14.8. The summed E-state index contributed by atoms with van der Waals surface area (Å²) in [6.07, 6.45) is 6.03. The lowest BCUT2D eigenvalue weighted by Crippen LogP contribution is -2.29. The molecule has 2 saturated carbocycles. The van der Waals surface area contributed by atoms with Crippen LogP contribution in [0.5, 0.6) is 0 Å². The topological polar surface area (TPSA) is 155 Å². The molecule has 1 aromatic carbocycles. The van der Waals surface area contributed by atoms with Crippen LogP contribution in [0.3, 0.4) is 0 Å². The van der Waals surface area contributed by atoms with Gasteiger partial charge in [-0.05, 0) is 57.1 Å². The monoisotopic (exact) mass is 512 g/mol. The maximum Gasteiger partial charge on any atom is 0.224 e. The zero-order chi connectivity index (χ0) is 25.4. The molecule has 0 spiro atoms. The van der Waals surface area contributed by atoms with E-state index in [0.717, 1.165) is 18.9 Å². The first-order chi connectivity index (χ1) is 17.3. The Balaban J connectivity index is 1.53. The number of primary amides is 1. The largest absolute Gasteiger partial charge is 0.393 e. The number of carbonyl (C=O) groups excluding carboxylic acids is 1. The summed E-state index contributed by atoms with van der Waals surface area (Å²) in [4.78, 5) is 25.4. The zero-order valence-corrected chi connectivity index (χ0v) is 20.2. The Morgan fingerprint density at radius 2 is 2.00 bits per heavy atom. The van der Waals surface area contributed by atoms with E-state index in [1.54, 1.807) is 6.20 Å². The van der Waals surface area contributed by atoms with Crippen LogP contribution in [0.25, 0.3) is 11.2 Å². The van der Waals surface area contributed by atoms with Gasteiger partial charge in [0, 0.05) is 18.0 Å². The number of imidazole rings is 1. The van der Waals surface area contributed by atoms with Gasteiger partial charge in [0.25, 0.3) is 0 Å². The van der Waals surface area contributed by atoms with Crippen molar-refractivity contribution in [3.63, 3.8) is 0 Å². The Hall–Kier alpha value is -3.49. The van der Waals surface area contributed by atoms with Gasteiger partial charge in [-0.2, -0.15) is 10.2 Å². The van der Waals surface area contributed by atoms with E-state index in [-0.39, 0.29) is 46.3 Å². The standard InChI is InChI=1S/C24H26ClFN8O2/c25-17-7-12(10-27)8-18(26)20(17)32-24-31-19-11-29-23(30-14-3-6-16(35)9-14)33-22(19)34(24)15-4-1-13(2-5-15)21(28)36/h7-8,11,13-16,35H,1-6,9H2,(H2,28,36)(H,31,32)(H,29,30,33)/t13-,14-,15+,16-/m1/s1. The molecule has 0 bridgehead atoms. The molecule has 2 aliphatic carbocycles. The second-order valence-corrected chi connectivity index (χ2v) is 9.88. The van der Waals surface area contributed by atoms with E-state index < -0.39 is 5.82 Å². The number of fused-ring (bicyclic) bond motifs is 1. The van der Waals surface area contributed by atoms with Gasteiger partial charge < -0.3 is 21.5 Å². The van der Waals surface area contributed by atoms with Crippen molar-refractivity contribution in [1.29, 1.82) is 5.26 Å². The first-order valence-corrected chi connectivity index (χ1v) is 12.3. The molecule has 0 radical (unpaired) electrons. The summed E-state index contributed by atoms with van der Waals surface area (Å²) in [6.45, 7) is 0. The SMILES string of the molecule is N#Cc1cc(F)c(Nc2nc3cnc(N[C@@H]4CC[C@@H](O)C4)nc3n2[C@H]2CC[C@@H](C(N)=O)CC2)c(Cl)c1. The summed E-state index contributed by atoms with van der Waals surface area (Å²) in [7, 11) is 0. The van der Waals surface area contributed by atoms with Crippen molar-refractivity contribution in [3.05, 3.63) is 34.7 Å². The van der Waals surface area contributed by atoms with Crippen molar-refractivity contribution >= 4 is 46.3 Å². The molecular weight excluding hydrogens is 487 g/mol. The molecule has 0 saturated heterocycles. The number of aliphatic hydroxyl groups is 1. The van der Waals surface area contributed by atoms with Crippen LogP contribution >= 0.6 is 11.6 Å². The minimum absolute atomic E-state index is 0.00398. The molecule has 2 aromatic heterocycles. The molecule has 188 valence electrons. The molecule has 1 amide bonds.